The molecule has 1 fully saturated rings. The summed E-state index contributed by atoms with van der Waals surface area (Å²) >= 11 is 1.80. The van der Waals surface area contributed by atoms with E-state index in [-0.39, 0.29) is 36.4 Å². The highest BCUT2D eigenvalue weighted by Crippen LogP contribution is 2.24. The van der Waals surface area contributed by atoms with Crippen molar-refractivity contribution in [2.45, 2.75) is 32.7 Å². The Kier molecular flexibility index (Phi) is 8.56. The van der Waals surface area contributed by atoms with Crippen LogP contribution in [0.4, 0.5) is 0 Å². The second kappa shape index (κ2) is 11.1. The molecule has 4 rings (SSSR count). The zero-order chi connectivity index (χ0) is 20.1. The molecule has 0 radical (unpaired) electrons. The summed E-state index contributed by atoms with van der Waals surface area (Å²) in [4.78, 5) is 23.1. The Hall–Kier alpha value is -1.61. The molecule has 1 aromatic heterocycles. The van der Waals surface area contributed by atoms with E-state index in [1.165, 1.54) is 22.4 Å². The van der Waals surface area contributed by atoms with Gasteiger partial charge in [-0.15, -0.1) is 35.3 Å². The number of hydrogen-bond acceptors (Lipinski definition) is 3. The van der Waals surface area contributed by atoms with Crippen molar-refractivity contribution in [1.29, 1.82) is 0 Å². The van der Waals surface area contributed by atoms with Gasteiger partial charge in [-0.3, -0.25) is 4.79 Å². The van der Waals surface area contributed by atoms with Crippen molar-refractivity contribution in [3.8, 4) is 0 Å². The van der Waals surface area contributed by atoms with Crippen molar-refractivity contribution in [2.24, 2.45) is 10.9 Å². The molecular weight excluding hydrogens is 507 g/mol. The first-order valence-corrected chi connectivity index (χ1v) is 11.5. The van der Waals surface area contributed by atoms with Crippen molar-refractivity contribution < 1.29 is 4.79 Å². The summed E-state index contributed by atoms with van der Waals surface area (Å²) in [6.07, 6.45) is 3.24. The van der Waals surface area contributed by atoms with Gasteiger partial charge in [0, 0.05) is 37.6 Å². The zero-order valence-electron chi connectivity index (χ0n) is 17.5. The van der Waals surface area contributed by atoms with Crippen molar-refractivity contribution in [3.05, 3.63) is 57.8 Å². The van der Waals surface area contributed by atoms with E-state index in [0.29, 0.717) is 5.92 Å². The number of carbonyl (C=O) groups excluding carboxylic acids is 1. The number of likely N-dealkylation sites (tertiary alicyclic amines) is 1. The Balaban J connectivity index is 0.00000256. The van der Waals surface area contributed by atoms with Gasteiger partial charge in [0.1, 0.15) is 6.54 Å². The molecule has 2 aliphatic heterocycles. The summed E-state index contributed by atoms with van der Waals surface area (Å²) in [5.41, 5.74) is 2.70. The molecular formula is C23H31IN4OS. The van der Waals surface area contributed by atoms with Gasteiger partial charge in [0.2, 0.25) is 5.91 Å². The fraction of sp³-hybridized carbons (Fsp3) is 0.478. The number of halogens is 1. The highest BCUT2D eigenvalue weighted by Gasteiger charge is 2.26. The first-order valence-electron chi connectivity index (χ1n) is 10.6. The van der Waals surface area contributed by atoms with E-state index in [2.05, 4.69) is 58.9 Å². The van der Waals surface area contributed by atoms with Gasteiger partial charge in [-0.2, -0.15) is 0 Å². The molecule has 0 spiro atoms. The Morgan fingerprint density at radius 3 is 2.83 bits per heavy atom. The van der Waals surface area contributed by atoms with Crippen LogP contribution in [-0.4, -0.2) is 54.4 Å². The summed E-state index contributed by atoms with van der Waals surface area (Å²) < 4.78 is 0. The summed E-state index contributed by atoms with van der Waals surface area (Å²) in [5.74, 6) is 1.64. The highest BCUT2D eigenvalue weighted by molar-refractivity contribution is 14.0. The second-order valence-electron chi connectivity index (χ2n) is 7.89. The Labute approximate surface area is 200 Å². The number of fused-ring (bicyclic) bond motifs is 1. The van der Waals surface area contributed by atoms with E-state index in [9.17, 15) is 4.79 Å². The van der Waals surface area contributed by atoms with Crippen LogP contribution in [0.5, 0.6) is 0 Å². The van der Waals surface area contributed by atoms with Crippen LogP contribution in [0.15, 0.2) is 46.8 Å². The first-order chi connectivity index (χ1) is 14.2. The molecule has 162 valence electrons. The molecule has 2 aliphatic rings. The maximum atomic E-state index is 12.7. The molecule has 1 atom stereocenters. The van der Waals surface area contributed by atoms with Crippen molar-refractivity contribution in [1.82, 2.24) is 15.1 Å². The van der Waals surface area contributed by atoms with Crippen LogP contribution in [0, 0.1) is 5.92 Å². The van der Waals surface area contributed by atoms with Gasteiger partial charge in [0.05, 0.1) is 0 Å². The Morgan fingerprint density at radius 2 is 2.03 bits per heavy atom. The van der Waals surface area contributed by atoms with Crippen molar-refractivity contribution in [2.75, 3.05) is 32.7 Å². The molecule has 1 unspecified atom stereocenters. The van der Waals surface area contributed by atoms with Gasteiger partial charge >= 0.3 is 0 Å². The number of rotatable bonds is 5. The van der Waals surface area contributed by atoms with Gasteiger partial charge in [0.15, 0.2) is 5.96 Å². The largest absolute Gasteiger partial charge is 0.357 e. The van der Waals surface area contributed by atoms with Crippen molar-refractivity contribution >= 4 is 47.2 Å². The lowest BCUT2D eigenvalue weighted by Crippen LogP contribution is -2.42. The number of benzene rings is 1. The van der Waals surface area contributed by atoms with E-state index >= 15 is 0 Å². The number of nitrogens with zero attached hydrogens (tertiary/aromatic N) is 3. The third kappa shape index (κ3) is 5.75. The van der Waals surface area contributed by atoms with Crippen molar-refractivity contribution in [3.63, 3.8) is 0 Å². The fourth-order valence-corrected chi connectivity index (χ4v) is 5.16. The topological polar surface area (TPSA) is 47.9 Å². The molecule has 3 heterocycles. The molecule has 1 saturated heterocycles. The predicted octanol–water partition coefficient (Wildman–Crippen LogP) is 3.78. The van der Waals surface area contributed by atoms with Gasteiger partial charge < -0.3 is 15.1 Å². The summed E-state index contributed by atoms with van der Waals surface area (Å²) in [6.45, 7) is 6.65. The maximum absolute atomic E-state index is 12.7. The smallest absolute Gasteiger partial charge is 0.244 e. The Bertz CT molecular complexity index is 854. The SMILES string of the molecule is CCNC(=NCC(=O)N1CCc2sccc2C1)N1CCC(Cc2ccccc2)C1.I. The number of nitrogens with one attached hydrogen (secondary N) is 1. The van der Waals surface area contributed by atoms with Crippen LogP contribution in [0.2, 0.25) is 0 Å². The summed E-state index contributed by atoms with van der Waals surface area (Å²) in [6, 6.07) is 12.8. The molecule has 2 aromatic rings. The third-order valence-corrected chi connectivity index (χ3v) is 6.83. The summed E-state index contributed by atoms with van der Waals surface area (Å²) in [7, 11) is 0. The lowest BCUT2D eigenvalue weighted by atomic mass is 9.99. The van der Waals surface area contributed by atoms with Crippen LogP contribution in [0.1, 0.15) is 29.3 Å². The van der Waals surface area contributed by atoms with Gasteiger partial charge in [-0.05, 0) is 54.7 Å². The van der Waals surface area contributed by atoms with E-state index < -0.39 is 0 Å². The van der Waals surface area contributed by atoms with Crippen LogP contribution in [0.25, 0.3) is 0 Å². The average molecular weight is 538 g/mol. The number of carbonyl (C=O) groups is 1. The highest BCUT2D eigenvalue weighted by atomic mass is 127. The maximum Gasteiger partial charge on any atom is 0.244 e. The molecule has 0 saturated carbocycles. The lowest BCUT2D eigenvalue weighted by Gasteiger charge is -2.27. The minimum atomic E-state index is 0. The lowest BCUT2D eigenvalue weighted by molar-refractivity contribution is -0.130. The predicted molar refractivity (Wildman–Crippen MR) is 135 cm³/mol. The molecule has 1 amide bonds. The molecule has 30 heavy (non-hydrogen) atoms. The Morgan fingerprint density at radius 1 is 1.20 bits per heavy atom. The number of amides is 1. The fourth-order valence-electron chi connectivity index (χ4n) is 4.27. The molecule has 1 N–H and O–H groups in total. The first kappa shape index (κ1) is 23.1. The minimum Gasteiger partial charge on any atom is -0.357 e. The van der Waals surface area contributed by atoms with E-state index in [0.717, 1.165) is 51.5 Å². The summed E-state index contributed by atoms with van der Waals surface area (Å²) in [5, 5.41) is 5.51. The number of guanidine groups is 1. The normalized spacial score (nSPS) is 18.7. The molecule has 7 heteroatoms. The van der Waals surface area contributed by atoms with Crippen LogP contribution in [-0.2, 0) is 24.2 Å². The van der Waals surface area contributed by atoms with Crippen LogP contribution < -0.4 is 5.32 Å². The minimum absolute atomic E-state index is 0. The second-order valence-corrected chi connectivity index (χ2v) is 8.90. The number of thiophene rings is 1. The van der Waals surface area contributed by atoms with Gasteiger partial charge in [-0.25, -0.2) is 4.99 Å². The van der Waals surface area contributed by atoms with Gasteiger partial charge in [0.25, 0.3) is 0 Å². The van der Waals surface area contributed by atoms with Gasteiger partial charge in [-0.1, -0.05) is 30.3 Å². The number of aliphatic imine (C=N–C) groups is 1. The standard InChI is InChI=1S/C23H30N4OS.HI/c1-2-24-23(27-11-8-19(16-27)14-18-6-4-3-5-7-18)25-15-22(28)26-12-9-21-20(17-26)10-13-29-21;/h3-7,10,13,19H,2,8-9,11-12,14-17H2,1H3,(H,24,25);1H. The molecule has 0 aliphatic carbocycles. The van der Waals surface area contributed by atoms with E-state index in [1.54, 1.807) is 11.3 Å². The molecule has 0 bridgehead atoms. The average Bonchev–Trinajstić information content (AvgIpc) is 3.40. The van der Waals surface area contributed by atoms with Crippen LogP contribution in [0.3, 0.4) is 0 Å². The van der Waals surface area contributed by atoms with E-state index in [1.807, 2.05) is 4.90 Å². The van der Waals surface area contributed by atoms with Crippen LogP contribution >= 0.6 is 35.3 Å². The monoisotopic (exact) mass is 538 g/mol. The molecule has 1 aromatic carbocycles. The quantitative estimate of drug-likeness (QED) is 0.358. The third-order valence-electron chi connectivity index (χ3n) is 5.81. The molecule has 5 nitrogen and oxygen atoms in total. The number of hydrogen-bond donors (Lipinski definition) is 1. The zero-order valence-corrected chi connectivity index (χ0v) is 20.7. The van der Waals surface area contributed by atoms with E-state index in [4.69, 9.17) is 4.99 Å².